The predicted octanol–water partition coefficient (Wildman–Crippen LogP) is 1.67. The highest BCUT2D eigenvalue weighted by Gasteiger charge is 2.03. The summed E-state index contributed by atoms with van der Waals surface area (Å²) in [5.41, 5.74) is 6.38. The zero-order chi connectivity index (χ0) is 12.7. The molecule has 17 heavy (non-hydrogen) atoms. The highest BCUT2D eigenvalue weighted by atomic mass is 16.1. The van der Waals surface area contributed by atoms with Crippen molar-refractivity contribution in [2.24, 2.45) is 5.73 Å². The van der Waals surface area contributed by atoms with Gasteiger partial charge in [-0.3, -0.25) is 9.59 Å². The van der Waals surface area contributed by atoms with Crippen molar-refractivity contribution in [2.75, 3.05) is 0 Å². The van der Waals surface area contributed by atoms with Gasteiger partial charge in [-0.15, -0.1) is 0 Å². The molecule has 1 amide bonds. The van der Waals surface area contributed by atoms with E-state index in [1.54, 1.807) is 36.4 Å². The summed E-state index contributed by atoms with van der Waals surface area (Å²) in [4.78, 5) is 21.9. The summed E-state index contributed by atoms with van der Waals surface area (Å²) in [7, 11) is 0. The SMILES string of the molecule is N#CCC(=O)c1ccc(C=CCC(N)=O)cc1. The smallest absolute Gasteiger partial charge is 0.221 e. The van der Waals surface area contributed by atoms with E-state index in [0.29, 0.717) is 5.56 Å². The second-order valence-electron chi connectivity index (χ2n) is 3.45. The maximum Gasteiger partial charge on any atom is 0.221 e. The molecule has 1 aromatic rings. The number of Topliss-reactive ketones (excluding diaryl/α,β-unsaturated/α-hetero) is 1. The number of carbonyl (C=O) groups is 2. The van der Waals surface area contributed by atoms with Gasteiger partial charge < -0.3 is 5.73 Å². The number of nitrogens with zero attached hydrogens (tertiary/aromatic N) is 1. The van der Waals surface area contributed by atoms with Gasteiger partial charge in [0, 0.05) is 12.0 Å². The Hall–Kier alpha value is -2.41. The molecule has 0 aliphatic rings. The molecule has 4 heteroatoms. The highest BCUT2D eigenvalue weighted by Crippen LogP contribution is 2.08. The third kappa shape index (κ3) is 4.31. The number of primary amides is 1. The minimum atomic E-state index is -0.387. The molecule has 2 N–H and O–H groups in total. The van der Waals surface area contributed by atoms with Crippen molar-refractivity contribution in [3.8, 4) is 6.07 Å². The first kappa shape index (κ1) is 12.7. The Kier molecular flexibility index (Phi) is 4.64. The summed E-state index contributed by atoms with van der Waals surface area (Å²) >= 11 is 0. The van der Waals surface area contributed by atoms with Gasteiger partial charge in [0.15, 0.2) is 5.78 Å². The molecule has 0 spiro atoms. The van der Waals surface area contributed by atoms with Crippen molar-refractivity contribution in [3.05, 3.63) is 41.5 Å². The zero-order valence-corrected chi connectivity index (χ0v) is 9.22. The predicted molar refractivity (Wildman–Crippen MR) is 63.8 cm³/mol. The maximum atomic E-state index is 11.4. The number of rotatable bonds is 5. The van der Waals surface area contributed by atoms with E-state index in [-0.39, 0.29) is 24.5 Å². The van der Waals surface area contributed by atoms with Crippen molar-refractivity contribution in [3.63, 3.8) is 0 Å². The fourth-order valence-electron chi connectivity index (χ4n) is 1.27. The minimum absolute atomic E-state index is 0.114. The van der Waals surface area contributed by atoms with E-state index in [2.05, 4.69) is 0 Å². The molecule has 0 saturated heterocycles. The Bertz CT molecular complexity index is 481. The number of ketones is 1. The molecule has 0 atom stereocenters. The lowest BCUT2D eigenvalue weighted by molar-refractivity contribution is -0.117. The van der Waals surface area contributed by atoms with Crippen LogP contribution in [-0.4, -0.2) is 11.7 Å². The van der Waals surface area contributed by atoms with Crippen LogP contribution in [0.1, 0.15) is 28.8 Å². The molecule has 1 aromatic carbocycles. The summed E-state index contributed by atoms with van der Waals surface area (Å²) < 4.78 is 0. The molecule has 0 aliphatic carbocycles. The molecule has 0 aromatic heterocycles. The lowest BCUT2D eigenvalue weighted by Gasteiger charge is -1.97. The number of hydrogen-bond donors (Lipinski definition) is 1. The Balaban J connectivity index is 2.68. The number of hydrogen-bond acceptors (Lipinski definition) is 3. The van der Waals surface area contributed by atoms with Gasteiger partial charge in [-0.25, -0.2) is 0 Å². The van der Waals surface area contributed by atoms with Crippen molar-refractivity contribution in [1.82, 2.24) is 0 Å². The molecule has 0 unspecified atom stereocenters. The van der Waals surface area contributed by atoms with Crippen LogP contribution in [0.15, 0.2) is 30.3 Å². The summed E-state index contributed by atoms with van der Waals surface area (Å²) in [5.74, 6) is -0.581. The summed E-state index contributed by atoms with van der Waals surface area (Å²) in [6, 6.07) is 8.63. The average molecular weight is 228 g/mol. The van der Waals surface area contributed by atoms with E-state index in [1.165, 1.54) is 0 Å². The van der Waals surface area contributed by atoms with E-state index < -0.39 is 0 Å². The number of benzene rings is 1. The maximum absolute atomic E-state index is 11.4. The van der Waals surface area contributed by atoms with Crippen molar-refractivity contribution >= 4 is 17.8 Å². The molecule has 0 bridgehead atoms. The third-order valence-corrected chi connectivity index (χ3v) is 2.10. The van der Waals surface area contributed by atoms with Gasteiger partial charge in [0.25, 0.3) is 0 Å². The molecule has 0 radical (unpaired) electrons. The van der Waals surface area contributed by atoms with Crippen molar-refractivity contribution < 1.29 is 9.59 Å². The van der Waals surface area contributed by atoms with Gasteiger partial charge >= 0.3 is 0 Å². The van der Waals surface area contributed by atoms with E-state index in [0.717, 1.165) is 5.56 Å². The van der Waals surface area contributed by atoms with Gasteiger partial charge in [-0.1, -0.05) is 36.4 Å². The summed E-state index contributed by atoms with van der Waals surface area (Å²) in [5, 5.41) is 8.39. The second-order valence-corrected chi connectivity index (χ2v) is 3.45. The van der Waals surface area contributed by atoms with Crippen LogP contribution in [-0.2, 0) is 4.79 Å². The fraction of sp³-hybridized carbons (Fsp3) is 0.154. The number of carbonyl (C=O) groups excluding carboxylic acids is 2. The van der Waals surface area contributed by atoms with Gasteiger partial charge in [0.1, 0.15) is 0 Å². The number of amides is 1. The van der Waals surface area contributed by atoms with Crippen LogP contribution in [0.25, 0.3) is 6.08 Å². The van der Waals surface area contributed by atoms with Gasteiger partial charge in [0.2, 0.25) is 5.91 Å². The van der Waals surface area contributed by atoms with E-state index >= 15 is 0 Å². The fourth-order valence-corrected chi connectivity index (χ4v) is 1.27. The normalized spacial score (nSPS) is 10.1. The van der Waals surface area contributed by atoms with Crippen LogP contribution in [0, 0.1) is 11.3 Å². The van der Waals surface area contributed by atoms with Crippen LogP contribution >= 0.6 is 0 Å². The van der Waals surface area contributed by atoms with Gasteiger partial charge in [-0.05, 0) is 5.56 Å². The van der Waals surface area contributed by atoms with Crippen LogP contribution in [0.2, 0.25) is 0 Å². The quantitative estimate of drug-likeness (QED) is 0.778. The third-order valence-electron chi connectivity index (χ3n) is 2.10. The molecular weight excluding hydrogens is 216 g/mol. The first-order valence-corrected chi connectivity index (χ1v) is 5.08. The summed E-state index contributed by atoms with van der Waals surface area (Å²) in [6.45, 7) is 0. The summed E-state index contributed by atoms with van der Waals surface area (Å²) in [6.07, 6.45) is 3.49. The van der Waals surface area contributed by atoms with Gasteiger partial charge in [-0.2, -0.15) is 5.26 Å². The van der Waals surface area contributed by atoms with Crippen molar-refractivity contribution in [1.29, 1.82) is 5.26 Å². The lowest BCUT2D eigenvalue weighted by atomic mass is 10.1. The lowest BCUT2D eigenvalue weighted by Crippen LogP contribution is -2.07. The number of nitrogens with two attached hydrogens (primary N) is 1. The average Bonchev–Trinajstić information content (AvgIpc) is 2.30. The van der Waals surface area contributed by atoms with Crippen LogP contribution in [0.4, 0.5) is 0 Å². The van der Waals surface area contributed by atoms with Gasteiger partial charge in [0.05, 0.1) is 12.5 Å². The Morgan fingerprint density at radius 3 is 2.47 bits per heavy atom. The minimum Gasteiger partial charge on any atom is -0.369 e. The van der Waals surface area contributed by atoms with Crippen molar-refractivity contribution in [2.45, 2.75) is 12.8 Å². The van der Waals surface area contributed by atoms with E-state index in [9.17, 15) is 9.59 Å². The Morgan fingerprint density at radius 1 is 1.29 bits per heavy atom. The molecule has 0 saturated carbocycles. The second kappa shape index (κ2) is 6.23. The van der Waals surface area contributed by atoms with Crippen LogP contribution < -0.4 is 5.73 Å². The van der Waals surface area contributed by atoms with E-state index in [1.807, 2.05) is 6.07 Å². The van der Waals surface area contributed by atoms with Crippen LogP contribution in [0.3, 0.4) is 0 Å². The molecule has 86 valence electrons. The first-order chi connectivity index (χ1) is 8.13. The Morgan fingerprint density at radius 2 is 1.94 bits per heavy atom. The Labute approximate surface area is 99.4 Å². The highest BCUT2D eigenvalue weighted by molar-refractivity contribution is 5.97. The first-order valence-electron chi connectivity index (χ1n) is 5.08. The molecule has 0 heterocycles. The monoisotopic (exact) mass is 228 g/mol. The molecule has 4 nitrogen and oxygen atoms in total. The largest absolute Gasteiger partial charge is 0.369 e. The van der Waals surface area contributed by atoms with E-state index in [4.69, 9.17) is 11.0 Å². The number of nitriles is 1. The molecule has 1 rings (SSSR count). The standard InChI is InChI=1S/C13H12N2O2/c14-9-8-12(16)11-6-4-10(5-7-11)2-1-3-13(15)17/h1-2,4-7H,3,8H2,(H2,15,17). The zero-order valence-electron chi connectivity index (χ0n) is 9.22. The molecule has 0 fully saturated rings. The molecule has 0 aliphatic heterocycles. The van der Waals surface area contributed by atoms with Crippen LogP contribution in [0.5, 0.6) is 0 Å². The topological polar surface area (TPSA) is 83.9 Å². The molecular formula is C13H12N2O2.